The van der Waals surface area contributed by atoms with Gasteiger partial charge in [-0.15, -0.1) is 0 Å². The van der Waals surface area contributed by atoms with E-state index in [1.54, 1.807) is 23.3 Å². The standard InChI is InChI=1S/C19H21ClN6O2/c1-24-17-14(11-23-24)18(22-12-21-17)26-9-7-25(8-10-26)16(19(27)28-2)13-5-3-4-6-15(13)20/h3-6,11-12,16H,7-10H2,1-2H3/t16-/m1/s1. The van der Waals surface area contributed by atoms with Crippen LogP contribution in [-0.2, 0) is 16.6 Å². The van der Waals surface area contributed by atoms with Gasteiger partial charge in [-0.05, 0) is 11.6 Å². The highest BCUT2D eigenvalue weighted by Gasteiger charge is 2.33. The van der Waals surface area contributed by atoms with E-state index in [2.05, 4.69) is 24.9 Å². The number of esters is 1. The average Bonchev–Trinajstić information content (AvgIpc) is 3.11. The number of halogens is 1. The van der Waals surface area contributed by atoms with Gasteiger partial charge in [0.15, 0.2) is 5.65 Å². The monoisotopic (exact) mass is 400 g/mol. The Bertz CT molecular complexity index is 999. The van der Waals surface area contributed by atoms with E-state index in [1.165, 1.54) is 7.11 Å². The molecule has 1 aliphatic rings. The first-order chi connectivity index (χ1) is 13.6. The Balaban J connectivity index is 1.56. The Morgan fingerprint density at radius 1 is 1.18 bits per heavy atom. The molecule has 146 valence electrons. The van der Waals surface area contributed by atoms with E-state index in [0.717, 1.165) is 35.5 Å². The fourth-order valence-corrected chi connectivity index (χ4v) is 3.91. The van der Waals surface area contributed by atoms with Crippen molar-refractivity contribution < 1.29 is 9.53 Å². The normalized spacial score (nSPS) is 16.3. The number of carbonyl (C=O) groups excluding carboxylic acids is 1. The zero-order chi connectivity index (χ0) is 19.7. The molecule has 9 heteroatoms. The number of aromatic nitrogens is 4. The predicted octanol–water partition coefficient (Wildman–Crippen LogP) is 2.05. The van der Waals surface area contributed by atoms with Crippen molar-refractivity contribution in [1.82, 2.24) is 24.6 Å². The third-order valence-corrected chi connectivity index (χ3v) is 5.46. The van der Waals surface area contributed by atoms with Crippen molar-refractivity contribution in [3.63, 3.8) is 0 Å². The molecule has 4 rings (SSSR count). The van der Waals surface area contributed by atoms with Crippen molar-refractivity contribution in [2.45, 2.75) is 6.04 Å². The van der Waals surface area contributed by atoms with Crippen molar-refractivity contribution >= 4 is 34.4 Å². The SMILES string of the molecule is COC(=O)[C@@H](c1ccccc1Cl)N1CCN(c2ncnc3c2cnn3C)CC1. The van der Waals surface area contributed by atoms with Crippen LogP contribution >= 0.6 is 11.6 Å². The molecule has 28 heavy (non-hydrogen) atoms. The maximum Gasteiger partial charge on any atom is 0.327 e. The minimum absolute atomic E-state index is 0.307. The molecule has 0 unspecified atom stereocenters. The quantitative estimate of drug-likeness (QED) is 0.620. The number of rotatable bonds is 4. The zero-order valence-corrected chi connectivity index (χ0v) is 16.5. The van der Waals surface area contributed by atoms with Gasteiger partial charge in [0.1, 0.15) is 18.2 Å². The lowest BCUT2D eigenvalue weighted by molar-refractivity contribution is -0.147. The number of ether oxygens (including phenoxy) is 1. The number of benzene rings is 1. The Hall–Kier alpha value is -2.71. The molecule has 1 fully saturated rings. The Labute approximate surface area is 167 Å². The van der Waals surface area contributed by atoms with E-state index in [1.807, 2.05) is 25.2 Å². The third-order valence-electron chi connectivity index (χ3n) is 5.11. The summed E-state index contributed by atoms with van der Waals surface area (Å²) < 4.78 is 6.80. The second kappa shape index (κ2) is 7.73. The number of anilines is 1. The zero-order valence-electron chi connectivity index (χ0n) is 15.7. The Kier molecular flexibility index (Phi) is 5.15. The lowest BCUT2D eigenvalue weighted by Crippen LogP contribution is -2.49. The lowest BCUT2D eigenvalue weighted by Gasteiger charge is -2.39. The lowest BCUT2D eigenvalue weighted by atomic mass is 10.0. The van der Waals surface area contributed by atoms with Gasteiger partial charge in [0, 0.05) is 38.2 Å². The number of methoxy groups -OCH3 is 1. The van der Waals surface area contributed by atoms with Crippen molar-refractivity contribution in [3.05, 3.63) is 47.4 Å². The van der Waals surface area contributed by atoms with Gasteiger partial charge in [0.05, 0.1) is 18.7 Å². The average molecular weight is 401 g/mol. The van der Waals surface area contributed by atoms with Gasteiger partial charge in [0.2, 0.25) is 0 Å². The first kappa shape index (κ1) is 18.6. The van der Waals surface area contributed by atoms with Gasteiger partial charge >= 0.3 is 5.97 Å². The minimum atomic E-state index is -0.523. The first-order valence-corrected chi connectivity index (χ1v) is 9.42. The summed E-state index contributed by atoms with van der Waals surface area (Å²) in [5.41, 5.74) is 1.57. The van der Waals surface area contributed by atoms with E-state index in [0.29, 0.717) is 18.1 Å². The molecule has 0 amide bonds. The summed E-state index contributed by atoms with van der Waals surface area (Å²) in [5, 5.41) is 5.77. The smallest absolute Gasteiger partial charge is 0.327 e. The van der Waals surface area contributed by atoms with Crippen LogP contribution in [0.3, 0.4) is 0 Å². The first-order valence-electron chi connectivity index (χ1n) is 9.04. The van der Waals surface area contributed by atoms with Crippen LogP contribution in [0.4, 0.5) is 5.82 Å². The van der Waals surface area contributed by atoms with Crippen molar-refractivity contribution in [3.8, 4) is 0 Å². The number of fused-ring (bicyclic) bond motifs is 1. The summed E-state index contributed by atoms with van der Waals surface area (Å²) in [6.45, 7) is 2.80. The molecule has 8 nitrogen and oxygen atoms in total. The molecular weight excluding hydrogens is 380 g/mol. The molecule has 0 radical (unpaired) electrons. The molecular formula is C19H21ClN6O2. The second-order valence-electron chi connectivity index (χ2n) is 6.67. The van der Waals surface area contributed by atoms with Crippen LogP contribution in [0, 0.1) is 0 Å². The van der Waals surface area contributed by atoms with Crippen LogP contribution in [0.2, 0.25) is 5.02 Å². The summed E-state index contributed by atoms with van der Waals surface area (Å²) in [6.07, 6.45) is 3.35. The molecule has 1 aromatic carbocycles. The van der Waals surface area contributed by atoms with E-state index in [-0.39, 0.29) is 5.97 Å². The minimum Gasteiger partial charge on any atom is -0.468 e. The summed E-state index contributed by atoms with van der Waals surface area (Å²) >= 11 is 6.36. The summed E-state index contributed by atoms with van der Waals surface area (Å²) in [5.74, 6) is 0.559. The van der Waals surface area contributed by atoms with E-state index in [4.69, 9.17) is 16.3 Å². The van der Waals surface area contributed by atoms with Crippen LogP contribution < -0.4 is 4.90 Å². The molecule has 1 atom stereocenters. The number of hydrogen-bond donors (Lipinski definition) is 0. The van der Waals surface area contributed by atoms with Gasteiger partial charge in [-0.1, -0.05) is 29.8 Å². The molecule has 1 saturated heterocycles. The van der Waals surface area contributed by atoms with Crippen LogP contribution in [0.5, 0.6) is 0 Å². The number of piperazine rings is 1. The Morgan fingerprint density at radius 3 is 2.64 bits per heavy atom. The van der Waals surface area contributed by atoms with Crippen LogP contribution in [0.1, 0.15) is 11.6 Å². The van der Waals surface area contributed by atoms with Gasteiger partial charge in [-0.2, -0.15) is 5.10 Å². The fourth-order valence-electron chi connectivity index (χ4n) is 3.67. The van der Waals surface area contributed by atoms with Gasteiger partial charge in [-0.25, -0.2) is 14.8 Å². The molecule has 0 spiro atoms. The molecule has 3 aromatic rings. The molecule has 1 aliphatic heterocycles. The van der Waals surface area contributed by atoms with Crippen molar-refractivity contribution in [1.29, 1.82) is 0 Å². The van der Waals surface area contributed by atoms with E-state index in [9.17, 15) is 4.79 Å². The van der Waals surface area contributed by atoms with Crippen LogP contribution in [0.25, 0.3) is 11.0 Å². The summed E-state index contributed by atoms with van der Waals surface area (Å²) in [6, 6.07) is 6.88. The highest BCUT2D eigenvalue weighted by molar-refractivity contribution is 6.31. The molecule has 0 saturated carbocycles. The third kappa shape index (κ3) is 3.29. The maximum atomic E-state index is 12.5. The second-order valence-corrected chi connectivity index (χ2v) is 7.08. The van der Waals surface area contributed by atoms with E-state index < -0.39 is 6.04 Å². The van der Waals surface area contributed by atoms with Gasteiger partial charge in [0.25, 0.3) is 0 Å². The van der Waals surface area contributed by atoms with E-state index >= 15 is 0 Å². The van der Waals surface area contributed by atoms with Crippen LogP contribution in [-0.4, -0.2) is 63.9 Å². The molecule has 0 N–H and O–H groups in total. The highest BCUT2D eigenvalue weighted by atomic mass is 35.5. The molecule has 3 heterocycles. The van der Waals surface area contributed by atoms with Crippen LogP contribution in [0.15, 0.2) is 36.8 Å². The molecule has 0 aliphatic carbocycles. The largest absolute Gasteiger partial charge is 0.468 e. The molecule has 0 bridgehead atoms. The van der Waals surface area contributed by atoms with Gasteiger partial charge in [-0.3, -0.25) is 9.58 Å². The topological polar surface area (TPSA) is 76.4 Å². The summed E-state index contributed by atoms with van der Waals surface area (Å²) in [4.78, 5) is 25.6. The van der Waals surface area contributed by atoms with Gasteiger partial charge < -0.3 is 9.64 Å². The van der Waals surface area contributed by atoms with Crippen molar-refractivity contribution in [2.24, 2.45) is 7.05 Å². The predicted molar refractivity (Wildman–Crippen MR) is 106 cm³/mol. The fraction of sp³-hybridized carbons (Fsp3) is 0.368. The summed E-state index contributed by atoms with van der Waals surface area (Å²) in [7, 11) is 3.27. The number of carbonyl (C=O) groups is 1. The number of nitrogens with zero attached hydrogens (tertiary/aromatic N) is 6. The highest BCUT2D eigenvalue weighted by Crippen LogP contribution is 2.31. The molecule has 2 aromatic heterocycles. The number of aryl methyl sites for hydroxylation is 1. The Morgan fingerprint density at radius 2 is 1.93 bits per heavy atom. The number of hydrogen-bond acceptors (Lipinski definition) is 7. The maximum absolute atomic E-state index is 12.5. The van der Waals surface area contributed by atoms with Crippen molar-refractivity contribution in [2.75, 3.05) is 38.2 Å².